The van der Waals surface area contributed by atoms with Crippen molar-refractivity contribution in [1.82, 2.24) is 16.0 Å². The monoisotopic (exact) mass is 702 g/mol. The van der Waals surface area contributed by atoms with Crippen LogP contribution in [0.3, 0.4) is 0 Å². The van der Waals surface area contributed by atoms with Crippen molar-refractivity contribution in [2.24, 2.45) is 17.8 Å². The van der Waals surface area contributed by atoms with Crippen molar-refractivity contribution in [3.8, 4) is 0 Å². The number of carbonyl (C=O) groups excluding carboxylic acids is 3. The van der Waals surface area contributed by atoms with E-state index in [1.54, 1.807) is 11.8 Å². The fourth-order valence-electron chi connectivity index (χ4n) is 6.52. The predicted octanol–water partition coefficient (Wildman–Crippen LogP) is 6.35. The van der Waals surface area contributed by atoms with E-state index in [0.717, 1.165) is 22.8 Å². The molecule has 6 atom stereocenters. The number of hydrogen-bond donors (Lipinski definition) is 5. The number of carbonyl (C=O) groups is 3. The number of aliphatic hydroxyl groups is 2. The number of benzene rings is 3. The van der Waals surface area contributed by atoms with Gasteiger partial charge in [0.25, 0.3) is 0 Å². The van der Waals surface area contributed by atoms with Gasteiger partial charge in [-0.1, -0.05) is 114 Å². The highest BCUT2D eigenvalue weighted by molar-refractivity contribution is 6.09. The van der Waals surface area contributed by atoms with Crippen molar-refractivity contribution in [2.45, 2.75) is 124 Å². The molecule has 5 N–H and O–H groups in total. The first-order valence-electron chi connectivity index (χ1n) is 18.8. The molecule has 51 heavy (non-hydrogen) atoms. The van der Waals surface area contributed by atoms with Crippen LogP contribution in [0, 0.1) is 17.8 Å². The van der Waals surface area contributed by atoms with Crippen LogP contribution in [0.5, 0.6) is 0 Å². The Balaban J connectivity index is 1.99. The summed E-state index contributed by atoms with van der Waals surface area (Å²) in [5.74, 6) is -1.04. The molecule has 0 aliphatic carbocycles. The molecule has 0 spiro atoms. The molecule has 3 aromatic carbocycles. The van der Waals surface area contributed by atoms with Gasteiger partial charge in [-0.25, -0.2) is 0 Å². The van der Waals surface area contributed by atoms with Crippen molar-refractivity contribution >= 4 is 34.2 Å². The van der Waals surface area contributed by atoms with Gasteiger partial charge in [0.05, 0.1) is 30.0 Å². The molecule has 0 aliphatic heterocycles. The average molecular weight is 703 g/mol. The van der Waals surface area contributed by atoms with Gasteiger partial charge in [0.15, 0.2) is 0 Å². The molecule has 3 rings (SSSR count). The van der Waals surface area contributed by atoms with Gasteiger partial charge in [-0.2, -0.15) is 0 Å². The minimum atomic E-state index is -1.05. The van der Waals surface area contributed by atoms with Gasteiger partial charge in [-0.05, 0) is 68.4 Å². The third-order valence-electron chi connectivity index (χ3n) is 9.26. The molecular formula is C42H62N4O5. The fourth-order valence-corrected chi connectivity index (χ4v) is 6.52. The van der Waals surface area contributed by atoms with E-state index < -0.39 is 36.3 Å². The second-order valence-electron chi connectivity index (χ2n) is 14.9. The van der Waals surface area contributed by atoms with Crippen LogP contribution in [0.15, 0.2) is 72.8 Å². The van der Waals surface area contributed by atoms with E-state index in [4.69, 9.17) is 0 Å². The summed E-state index contributed by atoms with van der Waals surface area (Å²) in [4.78, 5) is 44.1. The van der Waals surface area contributed by atoms with Gasteiger partial charge in [-0.15, -0.1) is 0 Å². The summed E-state index contributed by atoms with van der Waals surface area (Å²) in [5, 5.41) is 33.2. The highest BCUT2D eigenvalue weighted by Crippen LogP contribution is 2.31. The number of unbranched alkanes of at least 4 members (excludes halogenated alkanes) is 1. The van der Waals surface area contributed by atoms with Crippen LogP contribution in [-0.4, -0.2) is 64.8 Å². The third-order valence-corrected chi connectivity index (χ3v) is 9.26. The molecule has 9 nitrogen and oxygen atoms in total. The van der Waals surface area contributed by atoms with Crippen LogP contribution >= 0.6 is 0 Å². The Kier molecular flexibility index (Phi) is 17.1. The number of nitrogens with one attached hydrogen (secondary N) is 3. The number of hydrogen-bond acceptors (Lipinski definition) is 6. The molecule has 0 radical (unpaired) electrons. The second kappa shape index (κ2) is 20.9. The largest absolute Gasteiger partial charge is 0.393 e. The summed E-state index contributed by atoms with van der Waals surface area (Å²) >= 11 is 0. The second-order valence-corrected chi connectivity index (χ2v) is 14.9. The van der Waals surface area contributed by atoms with E-state index in [9.17, 15) is 24.6 Å². The summed E-state index contributed by atoms with van der Waals surface area (Å²) in [6.45, 7) is 14.6. The van der Waals surface area contributed by atoms with Gasteiger partial charge in [0.1, 0.15) is 6.04 Å². The zero-order valence-corrected chi connectivity index (χ0v) is 31.8. The van der Waals surface area contributed by atoms with Crippen LogP contribution in [0.25, 0.3) is 10.8 Å². The molecule has 2 unspecified atom stereocenters. The van der Waals surface area contributed by atoms with Gasteiger partial charge >= 0.3 is 0 Å². The summed E-state index contributed by atoms with van der Waals surface area (Å²) in [6, 6.07) is 21.4. The molecule has 0 bridgehead atoms. The maximum atomic E-state index is 14.6. The highest BCUT2D eigenvalue weighted by atomic mass is 16.3. The average Bonchev–Trinajstić information content (AvgIpc) is 3.10. The topological polar surface area (TPSA) is 131 Å². The van der Waals surface area contributed by atoms with Gasteiger partial charge in [0.2, 0.25) is 17.7 Å². The molecule has 280 valence electrons. The number of fused-ring (bicyclic) bond motifs is 1. The molecule has 0 fully saturated rings. The van der Waals surface area contributed by atoms with E-state index in [-0.39, 0.29) is 42.4 Å². The van der Waals surface area contributed by atoms with Gasteiger partial charge in [-0.3, -0.25) is 19.3 Å². The lowest BCUT2D eigenvalue weighted by Crippen LogP contribution is -2.57. The van der Waals surface area contributed by atoms with Gasteiger partial charge in [0, 0.05) is 24.4 Å². The minimum Gasteiger partial charge on any atom is -0.393 e. The molecule has 3 amide bonds. The minimum absolute atomic E-state index is 0.0819. The normalized spacial score (nSPS) is 15.2. The third kappa shape index (κ3) is 13.0. The van der Waals surface area contributed by atoms with Crippen molar-refractivity contribution in [3.05, 3.63) is 78.4 Å². The zero-order valence-electron chi connectivity index (χ0n) is 31.8. The molecule has 0 saturated heterocycles. The lowest BCUT2D eigenvalue weighted by molar-refractivity contribution is -0.129. The predicted molar refractivity (Wildman–Crippen MR) is 207 cm³/mol. The van der Waals surface area contributed by atoms with Crippen molar-refractivity contribution < 1.29 is 24.6 Å². The number of anilines is 1. The lowest BCUT2D eigenvalue weighted by atomic mass is 9.88. The zero-order chi connectivity index (χ0) is 37.5. The molecule has 0 aliphatic rings. The lowest BCUT2D eigenvalue weighted by Gasteiger charge is -2.36. The first-order chi connectivity index (χ1) is 24.3. The Bertz CT molecular complexity index is 1510. The van der Waals surface area contributed by atoms with Crippen LogP contribution in [-0.2, 0) is 20.9 Å². The first-order valence-corrected chi connectivity index (χ1v) is 18.8. The van der Waals surface area contributed by atoms with Crippen LogP contribution in [0.4, 0.5) is 5.69 Å². The van der Waals surface area contributed by atoms with E-state index in [0.29, 0.717) is 38.0 Å². The first kappa shape index (κ1) is 41.6. The summed E-state index contributed by atoms with van der Waals surface area (Å²) < 4.78 is 0. The smallest absolute Gasteiger partial charge is 0.244 e. The Morgan fingerprint density at radius 3 is 2.08 bits per heavy atom. The molecular weight excluding hydrogens is 640 g/mol. The van der Waals surface area contributed by atoms with Crippen molar-refractivity contribution in [2.75, 3.05) is 11.4 Å². The van der Waals surface area contributed by atoms with E-state index in [1.165, 1.54) is 0 Å². The molecule has 0 aromatic heterocycles. The highest BCUT2D eigenvalue weighted by Gasteiger charge is 2.37. The Morgan fingerprint density at radius 1 is 0.765 bits per heavy atom. The van der Waals surface area contributed by atoms with Gasteiger partial charge < -0.3 is 26.2 Å². The number of nitrogens with zero attached hydrogens (tertiary/aromatic N) is 1. The summed E-state index contributed by atoms with van der Waals surface area (Å²) in [6.07, 6.45) is 0.926. The number of aliphatic hydroxyl groups excluding tert-OH is 2. The summed E-state index contributed by atoms with van der Waals surface area (Å²) in [5.41, 5.74) is 1.70. The standard InChI is InChI=1S/C42H62N4O5/c1-8-9-21-38(41(50)45-36(23-28(2)3)39(48)25-34(24-30(6)47)40(49)44-26-29(4)5)46(37-22-15-19-33-18-13-14-20-35(33)37)42(51)31(7)43-27-32-16-11-10-12-17-32/h10-20,22,28-31,34,36,38-39,43,47-48H,8-9,21,23-27H2,1-7H3,(H,44,49)(H,45,50)/t30?,31-,34?,36-,38-,39-/m0/s1. The Labute approximate surface area is 305 Å². The summed E-state index contributed by atoms with van der Waals surface area (Å²) in [7, 11) is 0. The Hall–Kier alpha value is -3.79. The molecule has 0 saturated carbocycles. The van der Waals surface area contributed by atoms with Crippen LogP contribution in [0.2, 0.25) is 0 Å². The SMILES string of the molecule is CCCC[C@@H](C(=O)N[C@@H](CC(C)C)[C@@H](O)CC(CC(C)O)C(=O)NCC(C)C)N(C(=O)[C@H](C)NCc1ccccc1)c1cccc2ccccc12. The van der Waals surface area contributed by atoms with Crippen molar-refractivity contribution in [3.63, 3.8) is 0 Å². The van der Waals surface area contributed by atoms with Crippen LogP contribution in [0.1, 0.15) is 92.6 Å². The molecule has 9 heteroatoms. The number of rotatable bonds is 21. The van der Waals surface area contributed by atoms with E-state index in [2.05, 4.69) is 22.9 Å². The maximum absolute atomic E-state index is 14.6. The van der Waals surface area contributed by atoms with Crippen LogP contribution < -0.4 is 20.9 Å². The quantitative estimate of drug-likeness (QED) is 0.0880. The van der Waals surface area contributed by atoms with E-state index in [1.807, 2.05) is 107 Å². The molecule has 3 aromatic rings. The Morgan fingerprint density at radius 2 is 1.43 bits per heavy atom. The van der Waals surface area contributed by atoms with E-state index >= 15 is 0 Å². The number of amides is 3. The fraction of sp³-hybridized carbons (Fsp3) is 0.548. The maximum Gasteiger partial charge on any atom is 0.244 e. The molecule has 0 heterocycles. The van der Waals surface area contributed by atoms with Crippen molar-refractivity contribution in [1.29, 1.82) is 0 Å².